The molecule has 0 N–H and O–H groups in total. The van der Waals surface area contributed by atoms with Crippen LogP contribution in [-0.2, 0) is 4.79 Å². The Balaban J connectivity index is 4.56. The molecule has 0 aliphatic heterocycles. The SMILES string of the molecule is CCC/C(C#N)=C(\CCC)CCC(=O)CC. The number of nitriles is 1. The molecule has 2 heteroatoms. The summed E-state index contributed by atoms with van der Waals surface area (Å²) >= 11 is 0. The van der Waals surface area contributed by atoms with E-state index >= 15 is 0 Å². The van der Waals surface area contributed by atoms with Gasteiger partial charge in [-0.05, 0) is 19.3 Å². The van der Waals surface area contributed by atoms with E-state index in [-0.39, 0.29) is 0 Å². The number of ketones is 1. The molecule has 0 fully saturated rings. The number of hydrogen-bond donors (Lipinski definition) is 0. The summed E-state index contributed by atoms with van der Waals surface area (Å²) in [5.74, 6) is 0.294. The Labute approximate surface area is 99.3 Å². The van der Waals surface area contributed by atoms with Crippen LogP contribution in [0.3, 0.4) is 0 Å². The third kappa shape index (κ3) is 5.70. The number of carbonyl (C=O) groups excluding carboxylic acids is 1. The van der Waals surface area contributed by atoms with E-state index in [2.05, 4.69) is 19.9 Å². The Bertz CT molecular complexity index is 284. The van der Waals surface area contributed by atoms with Gasteiger partial charge >= 0.3 is 0 Å². The van der Waals surface area contributed by atoms with Crippen LogP contribution in [0.4, 0.5) is 0 Å². The highest BCUT2D eigenvalue weighted by Gasteiger charge is 2.07. The van der Waals surface area contributed by atoms with Gasteiger partial charge in [-0.3, -0.25) is 4.79 Å². The second-order valence-electron chi connectivity index (χ2n) is 4.09. The molecule has 0 rings (SSSR count). The van der Waals surface area contributed by atoms with Crippen molar-refractivity contribution in [1.29, 1.82) is 5.26 Å². The molecule has 0 unspecified atom stereocenters. The summed E-state index contributed by atoms with van der Waals surface area (Å²) in [6.07, 6.45) is 5.84. The highest BCUT2D eigenvalue weighted by atomic mass is 16.1. The van der Waals surface area contributed by atoms with Crippen molar-refractivity contribution in [3.05, 3.63) is 11.1 Å². The first-order valence-electron chi connectivity index (χ1n) is 6.32. The molecule has 0 aromatic rings. The van der Waals surface area contributed by atoms with E-state index in [1.807, 2.05) is 6.92 Å². The Morgan fingerprint density at radius 3 is 2.06 bits per heavy atom. The first-order chi connectivity index (χ1) is 7.69. The maximum Gasteiger partial charge on any atom is 0.132 e. The predicted octanol–water partition coefficient (Wildman–Crippen LogP) is 4.17. The second-order valence-corrected chi connectivity index (χ2v) is 4.09. The minimum absolute atomic E-state index is 0.294. The fourth-order valence-corrected chi connectivity index (χ4v) is 1.76. The van der Waals surface area contributed by atoms with Gasteiger partial charge < -0.3 is 0 Å². The third-order valence-electron chi connectivity index (χ3n) is 2.71. The summed E-state index contributed by atoms with van der Waals surface area (Å²) in [6.45, 7) is 6.09. The fraction of sp³-hybridized carbons (Fsp3) is 0.714. The third-order valence-corrected chi connectivity index (χ3v) is 2.71. The van der Waals surface area contributed by atoms with Gasteiger partial charge in [0.05, 0.1) is 6.07 Å². The summed E-state index contributed by atoms with van der Waals surface area (Å²) in [5, 5.41) is 9.08. The van der Waals surface area contributed by atoms with Crippen molar-refractivity contribution in [2.24, 2.45) is 0 Å². The molecule has 0 saturated carbocycles. The molecule has 0 spiro atoms. The standard InChI is InChI=1S/C14H23NO/c1-4-7-12(9-10-14(16)6-3)13(11-15)8-5-2/h4-10H2,1-3H3/b13-12-. The lowest BCUT2D eigenvalue weighted by atomic mass is 9.95. The minimum Gasteiger partial charge on any atom is -0.300 e. The molecular weight excluding hydrogens is 198 g/mol. The average Bonchev–Trinajstić information content (AvgIpc) is 2.31. The molecular formula is C14H23NO. The van der Waals surface area contributed by atoms with Gasteiger partial charge in [-0.2, -0.15) is 5.26 Å². The van der Waals surface area contributed by atoms with Gasteiger partial charge in [-0.15, -0.1) is 0 Å². The zero-order valence-electron chi connectivity index (χ0n) is 10.8. The van der Waals surface area contributed by atoms with Crippen molar-refractivity contribution in [2.45, 2.75) is 65.7 Å². The van der Waals surface area contributed by atoms with E-state index < -0.39 is 0 Å². The van der Waals surface area contributed by atoms with Crippen molar-refractivity contribution in [1.82, 2.24) is 0 Å². The maximum atomic E-state index is 11.3. The Morgan fingerprint density at radius 2 is 1.62 bits per heavy atom. The molecule has 2 nitrogen and oxygen atoms in total. The number of hydrogen-bond acceptors (Lipinski definition) is 2. The lowest BCUT2D eigenvalue weighted by Gasteiger charge is -2.08. The second kappa shape index (κ2) is 9.15. The maximum absolute atomic E-state index is 11.3. The molecule has 0 heterocycles. The normalized spacial score (nSPS) is 11.9. The van der Waals surface area contributed by atoms with Gasteiger partial charge in [-0.1, -0.05) is 39.2 Å². The molecule has 0 aliphatic rings. The Kier molecular flexibility index (Phi) is 8.52. The fourth-order valence-electron chi connectivity index (χ4n) is 1.76. The summed E-state index contributed by atoms with van der Waals surface area (Å²) in [4.78, 5) is 11.3. The molecule has 0 bridgehead atoms. The Morgan fingerprint density at radius 1 is 1.00 bits per heavy atom. The molecule has 0 atom stereocenters. The first-order valence-corrected chi connectivity index (χ1v) is 6.32. The summed E-state index contributed by atoms with van der Waals surface area (Å²) in [5.41, 5.74) is 2.11. The monoisotopic (exact) mass is 221 g/mol. The van der Waals surface area contributed by atoms with Crippen molar-refractivity contribution in [3.63, 3.8) is 0 Å². The van der Waals surface area contributed by atoms with E-state index in [0.29, 0.717) is 18.6 Å². The van der Waals surface area contributed by atoms with Gasteiger partial charge in [-0.25, -0.2) is 0 Å². The largest absolute Gasteiger partial charge is 0.300 e. The molecule has 0 radical (unpaired) electrons. The van der Waals surface area contributed by atoms with Crippen molar-refractivity contribution in [2.75, 3.05) is 0 Å². The zero-order valence-corrected chi connectivity index (χ0v) is 10.8. The quantitative estimate of drug-likeness (QED) is 0.577. The van der Waals surface area contributed by atoms with Gasteiger partial charge in [0.2, 0.25) is 0 Å². The van der Waals surface area contributed by atoms with Gasteiger partial charge in [0.15, 0.2) is 0 Å². The lowest BCUT2D eigenvalue weighted by Crippen LogP contribution is -1.98. The topological polar surface area (TPSA) is 40.9 Å². The summed E-state index contributed by atoms with van der Waals surface area (Å²) in [7, 11) is 0. The van der Waals surface area contributed by atoms with Crippen molar-refractivity contribution >= 4 is 5.78 Å². The van der Waals surface area contributed by atoms with Crippen LogP contribution in [0, 0.1) is 11.3 Å². The van der Waals surface area contributed by atoms with Crippen molar-refractivity contribution < 1.29 is 4.79 Å². The van der Waals surface area contributed by atoms with Gasteiger partial charge in [0.25, 0.3) is 0 Å². The number of allylic oxidation sites excluding steroid dienone is 2. The molecule has 0 aliphatic carbocycles. The van der Waals surface area contributed by atoms with E-state index in [1.165, 1.54) is 5.57 Å². The van der Waals surface area contributed by atoms with Crippen LogP contribution >= 0.6 is 0 Å². The predicted molar refractivity (Wildman–Crippen MR) is 67.0 cm³/mol. The van der Waals surface area contributed by atoms with Crippen LogP contribution in [-0.4, -0.2) is 5.78 Å². The van der Waals surface area contributed by atoms with Crippen LogP contribution in [0.2, 0.25) is 0 Å². The Hall–Kier alpha value is -1.10. The number of nitrogens with zero attached hydrogens (tertiary/aromatic N) is 1. The lowest BCUT2D eigenvalue weighted by molar-refractivity contribution is -0.118. The molecule has 16 heavy (non-hydrogen) atoms. The highest BCUT2D eigenvalue weighted by molar-refractivity contribution is 5.78. The van der Waals surface area contributed by atoms with Gasteiger partial charge in [0, 0.05) is 18.4 Å². The smallest absolute Gasteiger partial charge is 0.132 e. The van der Waals surface area contributed by atoms with E-state index in [0.717, 1.165) is 37.7 Å². The molecule has 0 saturated heterocycles. The minimum atomic E-state index is 0.294. The van der Waals surface area contributed by atoms with Crippen molar-refractivity contribution in [3.8, 4) is 6.07 Å². The first kappa shape index (κ1) is 14.9. The van der Waals surface area contributed by atoms with E-state index in [9.17, 15) is 4.79 Å². The molecule has 90 valence electrons. The highest BCUT2D eigenvalue weighted by Crippen LogP contribution is 2.20. The number of rotatable bonds is 8. The number of carbonyl (C=O) groups is 1. The number of Topliss-reactive ketones (excluding diaryl/α,β-unsaturated/α-hetero) is 1. The molecule has 0 aromatic heterocycles. The van der Waals surface area contributed by atoms with Crippen LogP contribution in [0.15, 0.2) is 11.1 Å². The summed E-state index contributed by atoms with van der Waals surface area (Å²) < 4.78 is 0. The molecule has 0 amide bonds. The zero-order chi connectivity index (χ0) is 12.4. The van der Waals surface area contributed by atoms with Crippen LogP contribution in [0.25, 0.3) is 0 Å². The van der Waals surface area contributed by atoms with Crippen LogP contribution < -0.4 is 0 Å². The van der Waals surface area contributed by atoms with E-state index in [1.54, 1.807) is 0 Å². The molecule has 0 aromatic carbocycles. The van der Waals surface area contributed by atoms with Crippen LogP contribution in [0.5, 0.6) is 0 Å². The van der Waals surface area contributed by atoms with Gasteiger partial charge in [0.1, 0.15) is 5.78 Å². The van der Waals surface area contributed by atoms with Crippen LogP contribution in [0.1, 0.15) is 65.7 Å². The van der Waals surface area contributed by atoms with E-state index in [4.69, 9.17) is 5.26 Å². The summed E-state index contributed by atoms with van der Waals surface area (Å²) in [6, 6.07) is 2.30. The average molecular weight is 221 g/mol.